The molecule has 1 saturated carbocycles. The van der Waals surface area contributed by atoms with Gasteiger partial charge in [-0.05, 0) is 44.0 Å². The number of aryl methyl sites for hydroxylation is 2. The maximum Gasteiger partial charge on any atom is 0.253 e. The number of nitrogens with one attached hydrogen (secondary N) is 1. The van der Waals surface area contributed by atoms with E-state index in [1.54, 1.807) is 44.4 Å². The van der Waals surface area contributed by atoms with Crippen LogP contribution in [-0.2, 0) is 18.0 Å². The molecular weight excluding hydrogens is 402 g/mol. The molecule has 0 radical (unpaired) electrons. The van der Waals surface area contributed by atoms with Gasteiger partial charge in [-0.15, -0.1) is 0 Å². The van der Waals surface area contributed by atoms with Crippen molar-refractivity contribution in [3.63, 3.8) is 0 Å². The summed E-state index contributed by atoms with van der Waals surface area (Å²) in [5.41, 5.74) is 2.61. The Bertz CT molecular complexity index is 926. The summed E-state index contributed by atoms with van der Waals surface area (Å²) in [4.78, 5) is 12.0. The molecule has 1 fully saturated rings. The predicted molar refractivity (Wildman–Crippen MR) is 111 cm³/mol. The molecule has 1 atom stereocenters. The zero-order valence-corrected chi connectivity index (χ0v) is 17.4. The quantitative estimate of drug-likeness (QED) is 0.793. The first kappa shape index (κ1) is 23.0. The Morgan fingerprint density at radius 2 is 1.90 bits per heavy atom. The van der Waals surface area contributed by atoms with Crippen LogP contribution in [-0.4, -0.2) is 32.5 Å². The number of alkyl halides is 2. The molecule has 160 valence electrons. The van der Waals surface area contributed by atoms with Gasteiger partial charge in [0, 0.05) is 54.7 Å². The normalized spacial score (nSPS) is 17.3. The molecule has 9 heteroatoms. The highest BCUT2D eigenvalue weighted by molar-refractivity contribution is 7.85. The number of ether oxygens (including phenoxy) is 1. The summed E-state index contributed by atoms with van der Waals surface area (Å²) in [7, 11) is 0.428. The highest BCUT2D eigenvalue weighted by atomic mass is 32.2. The molecule has 2 aromatic rings. The fraction of sp³-hybridized carbons (Fsp3) is 0.450. The van der Waals surface area contributed by atoms with Crippen LogP contribution in [0, 0.1) is 6.92 Å². The van der Waals surface area contributed by atoms with Crippen LogP contribution in [0.3, 0.4) is 0 Å². The second-order valence-electron chi connectivity index (χ2n) is 7.27. The number of hydrogen-bond acceptors (Lipinski definition) is 3. The minimum Gasteiger partial charge on any atom is -0.490 e. The number of nitrogens with zero attached hydrogens (tertiary/aromatic N) is 1. The monoisotopic (exact) mass is 428 g/mol. The van der Waals surface area contributed by atoms with Crippen molar-refractivity contribution in [2.45, 2.75) is 44.6 Å². The zero-order valence-electron chi connectivity index (χ0n) is 16.6. The SMILES string of the molecule is Cc1cc(-c2cc(NS(C)=O)ccc2OC2CCC(F)(F)CC2)cn(C)c1=O.O. The molecule has 0 saturated heterocycles. The lowest BCUT2D eigenvalue weighted by atomic mass is 9.94. The molecule has 0 bridgehead atoms. The van der Waals surface area contributed by atoms with Crippen LogP contribution in [0.4, 0.5) is 14.5 Å². The summed E-state index contributed by atoms with van der Waals surface area (Å²) in [5.74, 6) is -2.06. The molecule has 1 aromatic carbocycles. The van der Waals surface area contributed by atoms with Gasteiger partial charge in [0.25, 0.3) is 5.56 Å². The first-order valence-corrected chi connectivity index (χ1v) is 10.7. The summed E-state index contributed by atoms with van der Waals surface area (Å²) in [6, 6.07) is 7.06. The van der Waals surface area contributed by atoms with E-state index >= 15 is 0 Å². The molecule has 3 N–H and O–H groups in total. The maximum absolute atomic E-state index is 13.4. The lowest BCUT2D eigenvalue weighted by molar-refractivity contribution is -0.0581. The lowest BCUT2D eigenvalue weighted by Crippen LogP contribution is -2.30. The Hall–Kier alpha value is -2.26. The molecule has 6 nitrogen and oxygen atoms in total. The minimum absolute atomic E-state index is 0. The average Bonchev–Trinajstić information content (AvgIpc) is 2.61. The molecule has 1 aromatic heterocycles. The van der Waals surface area contributed by atoms with E-state index in [-0.39, 0.29) is 42.8 Å². The van der Waals surface area contributed by atoms with Gasteiger partial charge in [-0.25, -0.2) is 13.0 Å². The number of benzene rings is 1. The van der Waals surface area contributed by atoms with Crippen LogP contribution < -0.4 is 15.0 Å². The van der Waals surface area contributed by atoms with Crippen molar-refractivity contribution in [2.24, 2.45) is 7.05 Å². The van der Waals surface area contributed by atoms with Gasteiger partial charge in [-0.2, -0.15) is 0 Å². The minimum atomic E-state index is -2.61. The second-order valence-corrected chi connectivity index (χ2v) is 8.38. The second kappa shape index (κ2) is 9.04. The fourth-order valence-corrected chi connectivity index (χ4v) is 3.88. The van der Waals surface area contributed by atoms with Crippen molar-refractivity contribution >= 4 is 16.7 Å². The van der Waals surface area contributed by atoms with Crippen LogP contribution >= 0.6 is 0 Å². The smallest absolute Gasteiger partial charge is 0.253 e. The standard InChI is InChI=1S/C20H24F2N2O3S.H2O/c1-13-10-14(12-24(2)19(13)25)17-11-15(23-28(3)26)4-5-18(17)27-16-6-8-20(21,22)9-7-16;/h4-5,10-12,16,23H,6-9H2,1-3H3;1H2. The summed E-state index contributed by atoms with van der Waals surface area (Å²) in [5, 5.41) is 0. The van der Waals surface area contributed by atoms with Crippen LogP contribution in [0.1, 0.15) is 31.2 Å². The molecule has 0 spiro atoms. The van der Waals surface area contributed by atoms with Crippen LogP contribution in [0.5, 0.6) is 5.75 Å². The van der Waals surface area contributed by atoms with Crippen LogP contribution in [0.2, 0.25) is 0 Å². The van der Waals surface area contributed by atoms with Crippen molar-refractivity contribution < 1.29 is 23.2 Å². The van der Waals surface area contributed by atoms with E-state index in [1.165, 1.54) is 10.8 Å². The number of pyridine rings is 1. The third kappa shape index (κ3) is 5.63. The van der Waals surface area contributed by atoms with Crippen molar-refractivity contribution in [1.82, 2.24) is 4.57 Å². The Morgan fingerprint density at radius 1 is 1.24 bits per heavy atom. The molecule has 1 aliphatic carbocycles. The van der Waals surface area contributed by atoms with Gasteiger partial charge in [-0.3, -0.25) is 4.79 Å². The van der Waals surface area contributed by atoms with E-state index in [9.17, 15) is 17.8 Å². The lowest BCUT2D eigenvalue weighted by Gasteiger charge is -2.29. The number of hydrogen-bond donors (Lipinski definition) is 1. The van der Waals surface area contributed by atoms with E-state index in [2.05, 4.69) is 4.72 Å². The largest absolute Gasteiger partial charge is 0.490 e. The molecule has 3 rings (SSSR count). The van der Waals surface area contributed by atoms with Crippen molar-refractivity contribution in [3.8, 4) is 16.9 Å². The van der Waals surface area contributed by atoms with Crippen molar-refractivity contribution in [2.75, 3.05) is 11.0 Å². The van der Waals surface area contributed by atoms with Crippen molar-refractivity contribution in [1.29, 1.82) is 0 Å². The number of anilines is 1. The Kier molecular flexibility index (Phi) is 7.18. The number of aromatic nitrogens is 1. The summed E-state index contributed by atoms with van der Waals surface area (Å²) in [6.07, 6.45) is 3.17. The topological polar surface area (TPSA) is 91.8 Å². The van der Waals surface area contributed by atoms with E-state index in [1.807, 2.05) is 0 Å². The molecule has 1 unspecified atom stereocenters. The average molecular weight is 429 g/mol. The highest BCUT2D eigenvalue weighted by Crippen LogP contribution is 2.38. The van der Waals surface area contributed by atoms with Gasteiger partial charge in [0.15, 0.2) is 0 Å². The summed E-state index contributed by atoms with van der Waals surface area (Å²) >= 11 is 0. The van der Waals surface area contributed by atoms with Gasteiger partial charge in [0.2, 0.25) is 5.92 Å². The molecule has 0 amide bonds. The first-order valence-electron chi connectivity index (χ1n) is 9.11. The Balaban J connectivity index is 0.00000300. The molecule has 0 aliphatic heterocycles. The van der Waals surface area contributed by atoms with E-state index in [4.69, 9.17) is 4.74 Å². The van der Waals surface area contributed by atoms with Gasteiger partial charge >= 0.3 is 0 Å². The summed E-state index contributed by atoms with van der Waals surface area (Å²) in [6.45, 7) is 1.73. The van der Waals surface area contributed by atoms with Crippen molar-refractivity contribution in [3.05, 3.63) is 46.4 Å². The third-order valence-corrected chi connectivity index (χ3v) is 5.40. The van der Waals surface area contributed by atoms with Gasteiger partial charge in [0.1, 0.15) is 16.7 Å². The highest BCUT2D eigenvalue weighted by Gasteiger charge is 2.36. The van der Waals surface area contributed by atoms with Gasteiger partial charge < -0.3 is 19.5 Å². The molecular formula is C20H26F2N2O4S. The fourth-order valence-electron chi connectivity index (χ4n) is 3.42. The number of halogens is 2. The molecule has 1 aliphatic rings. The van der Waals surface area contributed by atoms with Crippen LogP contribution in [0.15, 0.2) is 35.3 Å². The molecule has 29 heavy (non-hydrogen) atoms. The van der Waals surface area contributed by atoms with Gasteiger partial charge in [-0.1, -0.05) is 0 Å². The Morgan fingerprint density at radius 3 is 2.48 bits per heavy atom. The first-order chi connectivity index (χ1) is 13.1. The molecule has 1 heterocycles. The summed E-state index contributed by atoms with van der Waals surface area (Å²) < 4.78 is 48.8. The zero-order chi connectivity index (χ0) is 20.5. The van der Waals surface area contributed by atoms with E-state index in [0.717, 1.165) is 5.56 Å². The van der Waals surface area contributed by atoms with Gasteiger partial charge in [0.05, 0.1) is 6.10 Å². The van der Waals surface area contributed by atoms with E-state index in [0.29, 0.717) is 22.6 Å². The predicted octanol–water partition coefficient (Wildman–Crippen LogP) is 3.20. The maximum atomic E-state index is 13.4. The third-order valence-electron chi connectivity index (χ3n) is 4.87. The van der Waals surface area contributed by atoms with E-state index < -0.39 is 16.9 Å². The Labute approximate surface area is 170 Å². The van der Waals surface area contributed by atoms with Crippen LogP contribution in [0.25, 0.3) is 11.1 Å². The number of rotatable bonds is 5.